The van der Waals surface area contributed by atoms with Gasteiger partial charge < -0.3 is 10.1 Å². The van der Waals surface area contributed by atoms with Gasteiger partial charge in [-0.2, -0.15) is 5.10 Å². The predicted molar refractivity (Wildman–Crippen MR) is 75.2 cm³/mol. The Morgan fingerprint density at radius 1 is 1.58 bits per heavy atom. The monoisotopic (exact) mass is 283 g/mol. The Bertz CT molecular complexity index is 455. The molecule has 1 aromatic heterocycles. The molecule has 5 nitrogen and oxygen atoms in total. The summed E-state index contributed by atoms with van der Waals surface area (Å²) in [6, 6.07) is 0.669. The molecule has 0 radical (unpaired) electrons. The van der Waals surface area contributed by atoms with Gasteiger partial charge >= 0.3 is 5.97 Å². The Morgan fingerprint density at radius 2 is 2.32 bits per heavy atom. The first kappa shape index (κ1) is 14.4. The van der Waals surface area contributed by atoms with Crippen LogP contribution in [-0.4, -0.2) is 34.2 Å². The summed E-state index contributed by atoms with van der Waals surface area (Å²) in [5.74, 6) is 0.163. The van der Waals surface area contributed by atoms with Crippen LogP contribution in [0, 0.1) is 6.92 Å². The van der Waals surface area contributed by atoms with E-state index in [1.54, 1.807) is 0 Å². The summed E-state index contributed by atoms with van der Waals surface area (Å²) >= 11 is 1.50. The quantitative estimate of drug-likeness (QED) is 0.609. The topological polar surface area (TPSA) is 56.1 Å². The van der Waals surface area contributed by atoms with Crippen LogP contribution in [0.25, 0.3) is 0 Å². The van der Waals surface area contributed by atoms with Gasteiger partial charge in [0.25, 0.3) is 0 Å². The molecule has 6 heteroatoms. The SMILES string of the molecule is CCOC(=O)CSc1c(CNC2CC2)c(C)nn1C. The number of thioether (sulfide) groups is 1. The molecule has 0 bridgehead atoms. The minimum atomic E-state index is -0.174. The number of aryl methyl sites for hydroxylation is 2. The second-order valence-electron chi connectivity index (χ2n) is 4.74. The second kappa shape index (κ2) is 6.43. The molecule has 1 aliphatic rings. The van der Waals surface area contributed by atoms with E-state index in [0.717, 1.165) is 17.3 Å². The molecule has 1 aromatic rings. The van der Waals surface area contributed by atoms with Gasteiger partial charge in [0, 0.05) is 25.2 Å². The van der Waals surface area contributed by atoms with Crippen LogP contribution in [0.3, 0.4) is 0 Å². The van der Waals surface area contributed by atoms with Crippen molar-refractivity contribution in [1.29, 1.82) is 0 Å². The van der Waals surface area contributed by atoms with Crippen molar-refractivity contribution in [3.63, 3.8) is 0 Å². The Morgan fingerprint density at radius 3 is 2.95 bits per heavy atom. The first-order chi connectivity index (χ1) is 9.11. The summed E-state index contributed by atoms with van der Waals surface area (Å²) < 4.78 is 6.80. The normalized spacial score (nSPS) is 14.7. The molecule has 0 amide bonds. The molecule has 0 atom stereocenters. The number of hydrogen-bond donors (Lipinski definition) is 1. The Balaban J connectivity index is 1.98. The van der Waals surface area contributed by atoms with E-state index in [1.807, 2.05) is 25.6 Å². The summed E-state index contributed by atoms with van der Waals surface area (Å²) in [4.78, 5) is 11.4. The number of nitrogens with zero attached hydrogens (tertiary/aromatic N) is 2. The average Bonchev–Trinajstić information content (AvgIpc) is 3.12. The zero-order chi connectivity index (χ0) is 13.8. The summed E-state index contributed by atoms with van der Waals surface area (Å²) in [6.45, 7) is 5.09. The number of ether oxygens (including phenoxy) is 1. The molecule has 1 fully saturated rings. The molecule has 2 rings (SSSR count). The van der Waals surface area contributed by atoms with E-state index in [4.69, 9.17) is 4.74 Å². The van der Waals surface area contributed by atoms with Crippen molar-refractivity contribution in [2.24, 2.45) is 7.05 Å². The van der Waals surface area contributed by atoms with E-state index < -0.39 is 0 Å². The van der Waals surface area contributed by atoms with Gasteiger partial charge in [-0.05, 0) is 26.7 Å². The molecule has 1 heterocycles. The van der Waals surface area contributed by atoms with E-state index >= 15 is 0 Å². The summed E-state index contributed by atoms with van der Waals surface area (Å²) in [7, 11) is 1.92. The van der Waals surface area contributed by atoms with Crippen LogP contribution < -0.4 is 5.32 Å². The van der Waals surface area contributed by atoms with Gasteiger partial charge in [-0.3, -0.25) is 9.48 Å². The van der Waals surface area contributed by atoms with E-state index in [0.29, 0.717) is 18.4 Å². The largest absolute Gasteiger partial charge is 0.465 e. The van der Waals surface area contributed by atoms with Crippen molar-refractivity contribution in [1.82, 2.24) is 15.1 Å². The van der Waals surface area contributed by atoms with Crippen LogP contribution in [0.4, 0.5) is 0 Å². The lowest BCUT2D eigenvalue weighted by atomic mass is 10.2. The molecule has 0 saturated heterocycles. The molecule has 1 N–H and O–H groups in total. The molecule has 106 valence electrons. The lowest BCUT2D eigenvalue weighted by molar-refractivity contribution is -0.139. The number of aromatic nitrogens is 2. The van der Waals surface area contributed by atoms with Crippen molar-refractivity contribution in [3.8, 4) is 0 Å². The van der Waals surface area contributed by atoms with Crippen molar-refractivity contribution >= 4 is 17.7 Å². The molecular weight excluding hydrogens is 262 g/mol. The van der Waals surface area contributed by atoms with Gasteiger partial charge in [0.1, 0.15) is 0 Å². The second-order valence-corrected chi connectivity index (χ2v) is 5.71. The maximum atomic E-state index is 11.4. The van der Waals surface area contributed by atoms with Crippen molar-refractivity contribution in [2.45, 2.75) is 44.3 Å². The van der Waals surface area contributed by atoms with Crippen molar-refractivity contribution < 1.29 is 9.53 Å². The van der Waals surface area contributed by atoms with Gasteiger partial charge in [-0.1, -0.05) is 11.8 Å². The Labute approximate surface area is 118 Å². The number of carbonyl (C=O) groups is 1. The lowest BCUT2D eigenvalue weighted by Crippen LogP contribution is -2.16. The molecule has 1 saturated carbocycles. The number of rotatable bonds is 7. The fourth-order valence-corrected chi connectivity index (χ4v) is 2.89. The van der Waals surface area contributed by atoms with Gasteiger partial charge in [-0.15, -0.1) is 0 Å². The predicted octanol–water partition coefficient (Wildman–Crippen LogP) is 1.64. The standard InChI is InChI=1S/C13H21N3O2S/c1-4-18-12(17)8-19-13-11(7-14-10-5-6-10)9(2)15-16(13)3/h10,14H,4-8H2,1-3H3. The Kier molecular flexibility index (Phi) is 4.87. The third-order valence-electron chi connectivity index (χ3n) is 3.07. The molecule has 0 spiro atoms. The molecule has 0 unspecified atom stereocenters. The molecule has 19 heavy (non-hydrogen) atoms. The maximum Gasteiger partial charge on any atom is 0.316 e. The average molecular weight is 283 g/mol. The zero-order valence-electron chi connectivity index (χ0n) is 11.7. The van der Waals surface area contributed by atoms with Crippen LogP contribution in [0.5, 0.6) is 0 Å². The third kappa shape index (κ3) is 3.98. The molecule has 0 aliphatic heterocycles. The first-order valence-electron chi connectivity index (χ1n) is 6.66. The van der Waals surface area contributed by atoms with Gasteiger partial charge in [0.05, 0.1) is 23.1 Å². The first-order valence-corrected chi connectivity index (χ1v) is 7.64. The summed E-state index contributed by atoms with van der Waals surface area (Å²) in [6.07, 6.45) is 2.54. The summed E-state index contributed by atoms with van der Waals surface area (Å²) in [5.41, 5.74) is 2.23. The minimum absolute atomic E-state index is 0.174. The highest BCUT2D eigenvalue weighted by molar-refractivity contribution is 7.99. The van der Waals surface area contributed by atoms with E-state index in [9.17, 15) is 4.79 Å². The third-order valence-corrected chi connectivity index (χ3v) is 4.23. The van der Waals surface area contributed by atoms with E-state index in [-0.39, 0.29) is 5.97 Å². The van der Waals surface area contributed by atoms with Crippen molar-refractivity contribution in [2.75, 3.05) is 12.4 Å². The fraction of sp³-hybridized carbons (Fsp3) is 0.692. The fourth-order valence-electron chi connectivity index (χ4n) is 1.93. The van der Waals surface area contributed by atoms with E-state index in [1.165, 1.54) is 30.2 Å². The summed E-state index contributed by atoms with van der Waals surface area (Å²) in [5, 5.41) is 8.99. The Hall–Kier alpha value is -1.01. The van der Waals surface area contributed by atoms with E-state index in [2.05, 4.69) is 10.4 Å². The lowest BCUT2D eigenvalue weighted by Gasteiger charge is -2.07. The van der Waals surface area contributed by atoms with Gasteiger partial charge in [0.15, 0.2) is 0 Å². The highest BCUT2D eigenvalue weighted by Crippen LogP contribution is 2.26. The number of hydrogen-bond acceptors (Lipinski definition) is 5. The molecule has 1 aliphatic carbocycles. The molecule has 0 aromatic carbocycles. The number of nitrogens with one attached hydrogen (secondary N) is 1. The van der Waals surface area contributed by atoms with Gasteiger partial charge in [0.2, 0.25) is 0 Å². The number of esters is 1. The van der Waals surface area contributed by atoms with Crippen LogP contribution in [-0.2, 0) is 23.1 Å². The minimum Gasteiger partial charge on any atom is -0.465 e. The highest BCUT2D eigenvalue weighted by Gasteiger charge is 2.22. The van der Waals surface area contributed by atoms with Crippen molar-refractivity contribution in [3.05, 3.63) is 11.3 Å². The molecular formula is C13H21N3O2S. The zero-order valence-corrected chi connectivity index (χ0v) is 12.5. The maximum absolute atomic E-state index is 11.4. The van der Waals surface area contributed by atoms with Crippen LogP contribution in [0.15, 0.2) is 5.03 Å². The van der Waals surface area contributed by atoms with Crippen LogP contribution in [0.2, 0.25) is 0 Å². The highest BCUT2D eigenvalue weighted by atomic mass is 32.2. The smallest absolute Gasteiger partial charge is 0.316 e. The van der Waals surface area contributed by atoms with Crippen LogP contribution >= 0.6 is 11.8 Å². The number of carbonyl (C=O) groups excluding carboxylic acids is 1. The van der Waals surface area contributed by atoms with Gasteiger partial charge in [-0.25, -0.2) is 0 Å². The van der Waals surface area contributed by atoms with Crippen LogP contribution in [0.1, 0.15) is 31.0 Å².